The number of nitrogens with zero attached hydrogens (tertiary/aromatic N) is 1. The van der Waals surface area contributed by atoms with Gasteiger partial charge in [0.1, 0.15) is 5.82 Å². The molecule has 1 aromatic rings. The first-order valence-corrected chi connectivity index (χ1v) is 7.29. The summed E-state index contributed by atoms with van der Waals surface area (Å²) in [5.41, 5.74) is 6.35. The summed E-state index contributed by atoms with van der Waals surface area (Å²) in [4.78, 5) is 0. The number of nitrogens with one attached hydrogen (secondary N) is 1. The molecule has 0 amide bonds. The summed E-state index contributed by atoms with van der Waals surface area (Å²) in [6, 6.07) is 4.56. The molecule has 2 rings (SSSR count). The average molecular weight is 295 g/mol. The van der Waals surface area contributed by atoms with Gasteiger partial charge in [-0.05, 0) is 38.3 Å². The number of rotatable bonds is 6. The molecule has 0 aromatic heterocycles. The van der Waals surface area contributed by atoms with Crippen LogP contribution in [0.4, 0.5) is 4.39 Å². The van der Waals surface area contributed by atoms with Crippen LogP contribution in [0.25, 0.3) is 0 Å². The molecule has 1 aliphatic heterocycles. The van der Waals surface area contributed by atoms with E-state index in [-0.39, 0.29) is 11.7 Å². The summed E-state index contributed by atoms with van der Waals surface area (Å²) >= 11 is 0. The van der Waals surface area contributed by atoms with Crippen LogP contribution in [0.5, 0.6) is 0 Å². The van der Waals surface area contributed by atoms with E-state index in [2.05, 4.69) is 10.5 Å². The molecule has 0 bridgehead atoms. The van der Waals surface area contributed by atoms with Crippen LogP contribution in [0.1, 0.15) is 36.8 Å². The monoisotopic (exact) mass is 295 g/mol. The zero-order chi connectivity index (χ0) is 15.1. The molecule has 0 saturated carbocycles. The van der Waals surface area contributed by atoms with Gasteiger partial charge < -0.3 is 21.0 Å². The van der Waals surface area contributed by atoms with Gasteiger partial charge in [0.15, 0.2) is 5.84 Å². The van der Waals surface area contributed by atoms with E-state index in [1.165, 1.54) is 12.5 Å². The number of hydrogen-bond acceptors (Lipinski definition) is 4. The predicted octanol–water partition coefficient (Wildman–Crippen LogP) is 1.97. The van der Waals surface area contributed by atoms with E-state index in [1.807, 2.05) is 0 Å². The summed E-state index contributed by atoms with van der Waals surface area (Å²) in [6.45, 7) is 2.11. The lowest BCUT2D eigenvalue weighted by molar-refractivity contribution is 0.0115. The van der Waals surface area contributed by atoms with Crippen molar-refractivity contribution in [3.8, 4) is 0 Å². The molecule has 5 nitrogen and oxygen atoms in total. The third-order valence-corrected chi connectivity index (χ3v) is 3.69. The highest BCUT2D eigenvalue weighted by molar-refractivity contribution is 5.97. The Hall–Kier alpha value is -1.66. The van der Waals surface area contributed by atoms with Gasteiger partial charge in [0.25, 0.3) is 0 Å². The summed E-state index contributed by atoms with van der Waals surface area (Å²) < 4.78 is 19.5. The van der Waals surface area contributed by atoms with Crippen molar-refractivity contribution in [1.82, 2.24) is 5.32 Å². The van der Waals surface area contributed by atoms with Crippen molar-refractivity contribution in [2.24, 2.45) is 10.9 Å². The van der Waals surface area contributed by atoms with Crippen LogP contribution >= 0.6 is 0 Å². The largest absolute Gasteiger partial charge is 0.409 e. The first-order valence-electron chi connectivity index (χ1n) is 7.29. The molecule has 116 valence electrons. The number of oxime groups is 1. The van der Waals surface area contributed by atoms with Crippen LogP contribution in [0.2, 0.25) is 0 Å². The quantitative estimate of drug-likeness (QED) is 0.246. The molecule has 4 N–H and O–H groups in total. The van der Waals surface area contributed by atoms with Gasteiger partial charge >= 0.3 is 0 Å². The average Bonchev–Trinajstić information content (AvgIpc) is 2.53. The lowest BCUT2D eigenvalue weighted by Crippen LogP contribution is -2.25. The van der Waals surface area contributed by atoms with Crippen LogP contribution in [-0.2, 0) is 11.3 Å². The Labute approximate surface area is 124 Å². The van der Waals surface area contributed by atoms with Crippen molar-refractivity contribution in [3.63, 3.8) is 0 Å². The molecule has 1 atom stereocenters. The lowest BCUT2D eigenvalue weighted by atomic mass is 10.1. The summed E-state index contributed by atoms with van der Waals surface area (Å²) in [5.74, 6) is -0.455. The molecule has 1 aromatic carbocycles. The van der Waals surface area contributed by atoms with Gasteiger partial charge in [-0.15, -0.1) is 0 Å². The second-order valence-corrected chi connectivity index (χ2v) is 5.25. The molecule has 1 fully saturated rings. The first kappa shape index (κ1) is 15.7. The number of ether oxygens (including phenoxy) is 1. The zero-order valence-corrected chi connectivity index (χ0v) is 12.0. The van der Waals surface area contributed by atoms with E-state index in [4.69, 9.17) is 15.7 Å². The highest BCUT2D eigenvalue weighted by Crippen LogP contribution is 2.15. The zero-order valence-electron chi connectivity index (χ0n) is 12.0. The minimum absolute atomic E-state index is 0.0946. The number of amidine groups is 1. The Morgan fingerprint density at radius 3 is 3.00 bits per heavy atom. The normalized spacial score (nSPS) is 19.7. The van der Waals surface area contributed by atoms with Crippen LogP contribution in [0.3, 0.4) is 0 Å². The van der Waals surface area contributed by atoms with Crippen molar-refractivity contribution in [1.29, 1.82) is 0 Å². The molecule has 1 saturated heterocycles. The second-order valence-electron chi connectivity index (χ2n) is 5.25. The van der Waals surface area contributed by atoms with Gasteiger partial charge in [0.05, 0.1) is 6.10 Å². The van der Waals surface area contributed by atoms with E-state index >= 15 is 0 Å². The Morgan fingerprint density at radius 1 is 1.48 bits per heavy atom. The molecule has 6 heteroatoms. The fourth-order valence-electron chi connectivity index (χ4n) is 2.43. The second kappa shape index (κ2) is 7.95. The molecule has 1 unspecified atom stereocenters. The maximum Gasteiger partial charge on any atom is 0.170 e. The SMILES string of the molecule is N/C(=N/O)c1ccc(CNCCC2CCCCO2)c(F)c1. The Bertz CT molecular complexity index is 488. The minimum Gasteiger partial charge on any atom is -0.409 e. The highest BCUT2D eigenvalue weighted by atomic mass is 19.1. The van der Waals surface area contributed by atoms with E-state index in [0.29, 0.717) is 23.8 Å². The summed E-state index contributed by atoms with van der Waals surface area (Å²) in [7, 11) is 0. The van der Waals surface area contributed by atoms with Gasteiger partial charge in [0.2, 0.25) is 0 Å². The van der Waals surface area contributed by atoms with Crippen molar-refractivity contribution >= 4 is 5.84 Å². The first-order chi connectivity index (χ1) is 10.2. The van der Waals surface area contributed by atoms with Gasteiger partial charge in [-0.25, -0.2) is 4.39 Å². The number of nitrogens with two attached hydrogens (primary N) is 1. The van der Waals surface area contributed by atoms with Crippen LogP contribution in [-0.4, -0.2) is 30.3 Å². The van der Waals surface area contributed by atoms with Gasteiger partial charge in [0, 0.05) is 24.3 Å². The number of halogens is 1. The van der Waals surface area contributed by atoms with Gasteiger partial charge in [-0.2, -0.15) is 0 Å². The van der Waals surface area contributed by atoms with Gasteiger partial charge in [-0.3, -0.25) is 0 Å². The smallest absolute Gasteiger partial charge is 0.170 e. The third kappa shape index (κ3) is 4.68. The maximum atomic E-state index is 13.9. The minimum atomic E-state index is -0.361. The van der Waals surface area contributed by atoms with Crippen molar-refractivity contribution in [2.75, 3.05) is 13.2 Å². The molecule has 0 radical (unpaired) electrons. The van der Waals surface area contributed by atoms with Crippen LogP contribution in [0.15, 0.2) is 23.4 Å². The standard InChI is InChI=1S/C15H22FN3O2/c16-14-9-11(15(17)19-20)4-5-12(14)10-18-7-6-13-3-1-2-8-21-13/h4-5,9,13,18,20H,1-3,6-8,10H2,(H2,17,19). The van der Waals surface area contributed by atoms with Gasteiger partial charge in [-0.1, -0.05) is 17.3 Å². The summed E-state index contributed by atoms with van der Waals surface area (Å²) in [5, 5.41) is 14.6. The molecule has 0 spiro atoms. The van der Waals surface area contributed by atoms with Crippen LogP contribution < -0.4 is 11.1 Å². The topological polar surface area (TPSA) is 79.9 Å². The molecule has 21 heavy (non-hydrogen) atoms. The molecule has 1 aliphatic rings. The molecular weight excluding hydrogens is 273 g/mol. The Morgan fingerprint density at radius 2 is 2.33 bits per heavy atom. The molecule has 0 aliphatic carbocycles. The predicted molar refractivity (Wildman–Crippen MR) is 78.8 cm³/mol. The third-order valence-electron chi connectivity index (χ3n) is 3.69. The van der Waals surface area contributed by atoms with Crippen molar-refractivity contribution in [2.45, 2.75) is 38.3 Å². The summed E-state index contributed by atoms with van der Waals surface area (Å²) in [6.07, 6.45) is 4.78. The van der Waals surface area contributed by atoms with E-state index in [1.54, 1.807) is 12.1 Å². The van der Waals surface area contributed by atoms with E-state index in [9.17, 15) is 4.39 Å². The molecular formula is C15H22FN3O2. The van der Waals surface area contributed by atoms with Crippen LogP contribution in [0, 0.1) is 5.82 Å². The fourth-order valence-corrected chi connectivity index (χ4v) is 2.43. The number of benzene rings is 1. The van der Waals surface area contributed by atoms with E-state index < -0.39 is 0 Å². The Balaban J connectivity index is 1.77. The number of hydrogen-bond donors (Lipinski definition) is 3. The highest BCUT2D eigenvalue weighted by Gasteiger charge is 2.13. The lowest BCUT2D eigenvalue weighted by Gasteiger charge is -2.22. The fraction of sp³-hybridized carbons (Fsp3) is 0.533. The maximum absolute atomic E-state index is 13.9. The Kier molecular flexibility index (Phi) is 5.95. The van der Waals surface area contributed by atoms with E-state index in [0.717, 1.165) is 32.4 Å². The van der Waals surface area contributed by atoms with Crippen molar-refractivity contribution in [3.05, 3.63) is 35.1 Å². The molecule has 1 heterocycles. The van der Waals surface area contributed by atoms with Crippen molar-refractivity contribution < 1.29 is 14.3 Å².